The first kappa shape index (κ1) is 33.4. The van der Waals surface area contributed by atoms with Gasteiger partial charge in [-0.1, -0.05) is 140 Å². The van der Waals surface area contributed by atoms with E-state index >= 15 is 0 Å². The van der Waals surface area contributed by atoms with Crippen molar-refractivity contribution in [1.82, 2.24) is 19.1 Å². The summed E-state index contributed by atoms with van der Waals surface area (Å²) >= 11 is 0. The lowest BCUT2D eigenvalue weighted by atomic mass is 10.0. The van der Waals surface area contributed by atoms with Gasteiger partial charge in [-0.2, -0.15) is 0 Å². The van der Waals surface area contributed by atoms with Crippen LogP contribution in [0.1, 0.15) is 0 Å². The average molecular weight is 793 g/mol. The van der Waals surface area contributed by atoms with Crippen LogP contribution in [-0.2, 0) is 0 Å². The molecule has 0 fully saturated rings. The van der Waals surface area contributed by atoms with Crippen LogP contribution < -0.4 is 0 Å². The number of hydrogen-bond donors (Lipinski definition) is 0. The monoisotopic (exact) mass is 792 g/mol. The van der Waals surface area contributed by atoms with Gasteiger partial charge in [0.25, 0.3) is 0 Å². The van der Waals surface area contributed by atoms with E-state index in [2.05, 4.69) is 161 Å². The first-order valence-electron chi connectivity index (χ1n) is 20.9. The van der Waals surface area contributed by atoms with Crippen LogP contribution >= 0.6 is 0 Å². The summed E-state index contributed by atoms with van der Waals surface area (Å²) < 4.78 is 17.9. The molecule has 0 radical (unpaired) electrons. The second kappa shape index (κ2) is 12.5. The number of hydrogen-bond acceptors (Lipinski definition) is 4. The van der Waals surface area contributed by atoms with Gasteiger partial charge in [-0.3, -0.25) is 4.57 Å². The summed E-state index contributed by atoms with van der Waals surface area (Å²) in [5.74, 6) is 0.581. The van der Waals surface area contributed by atoms with Gasteiger partial charge in [0.2, 0.25) is 5.95 Å². The van der Waals surface area contributed by atoms with E-state index in [0.29, 0.717) is 11.5 Å². The Balaban J connectivity index is 1.14. The van der Waals surface area contributed by atoms with Gasteiger partial charge in [0.1, 0.15) is 28.0 Å². The van der Waals surface area contributed by atoms with Crippen LogP contribution in [-0.4, -0.2) is 19.1 Å². The maximum atomic E-state index is 6.64. The van der Waals surface area contributed by atoms with Crippen LogP contribution in [0.4, 0.5) is 0 Å². The minimum atomic E-state index is 0.581. The fourth-order valence-electron chi connectivity index (χ4n) is 9.99. The van der Waals surface area contributed by atoms with Crippen LogP contribution in [0.25, 0.3) is 132 Å². The first-order valence-corrected chi connectivity index (χ1v) is 20.9. The third kappa shape index (κ3) is 4.63. The van der Waals surface area contributed by atoms with Gasteiger partial charge in [-0.15, -0.1) is 0 Å². The summed E-state index contributed by atoms with van der Waals surface area (Å²) in [6.07, 6.45) is 0. The summed E-state index contributed by atoms with van der Waals surface area (Å²) in [6.45, 7) is 0. The summed E-state index contributed by atoms with van der Waals surface area (Å²) in [7, 11) is 0. The Morgan fingerprint density at radius 3 is 1.84 bits per heavy atom. The second-order valence-corrected chi connectivity index (χ2v) is 16.1. The van der Waals surface area contributed by atoms with Crippen molar-refractivity contribution in [2.45, 2.75) is 0 Å². The van der Waals surface area contributed by atoms with Gasteiger partial charge in [0, 0.05) is 54.5 Å². The molecule has 0 aliphatic carbocycles. The van der Waals surface area contributed by atoms with Crippen LogP contribution in [0, 0.1) is 0 Å². The molecule has 0 saturated carbocycles. The van der Waals surface area contributed by atoms with Gasteiger partial charge < -0.3 is 13.4 Å². The van der Waals surface area contributed by atoms with E-state index in [0.717, 1.165) is 99.3 Å². The number of nitrogens with zero attached hydrogens (tertiary/aromatic N) is 4. The van der Waals surface area contributed by atoms with Crippen molar-refractivity contribution in [3.05, 3.63) is 194 Å². The molecule has 0 saturated heterocycles. The topological polar surface area (TPSA) is 61.9 Å². The van der Waals surface area contributed by atoms with E-state index < -0.39 is 0 Å². The Morgan fingerprint density at radius 2 is 1.02 bits per heavy atom. The molecular weight excluding hydrogens is 761 g/mol. The molecule has 0 amide bonds. The molecule has 0 bridgehead atoms. The highest BCUT2D eigenvalue weighted by atomic mass is 16.3. The molecule has 14 rings (SSSR count). The van der Waals surface area contributed by atoms with E-state index in [4.69, 9.17) is 18.8 Å². The molecule has 0 aliphatic heterocycles. The van der Waals surface area contributed by atoms with E-state index in [9.17, 15) is 0 Å². The maximum absolute atomic E-state index is 6.64. The first-order chi connectivity index (χ1) is 30.7. The largest absolute Gasteiger partial charge is 0.455 e. The molecule has 6 nitrogen and oxygen atoms in total. The van der Waals surface area contributed by atoms with Crippen molar-refractivity contribution in [2.75, 3.05) is 0 Å². The number of fused-ring (bicyclic) bond motifs is 14. The van der Waals surface area contributed by atoms with Crippen molar-refractivity contribution in [3.63, 3.8) is 0 Å². The predicted molar refractivity (Wildman–Crippen MR) is 254 cm³/mol. The number of para-hydroxylation sites is 3. The lowest BCUT2D eigenvalue weighted by Crippen LogP contribution is -2.03. The zero-order chi connectivity index (χ0) is 40.5. The molecule has 288 valence electrons. The number of benzene rings is 9. The fraction of sp³-hybridized carbons (Fsp3) is 0. The van der Waals surface area contributed by atoms with E-state index in [-0.39, 0.29) is 0 Å². The highest BCUT2D eigenvalue weighted by molar-refractivity contribution is 6.25. The molecule has 5 aromatic heterocycles. The van der Waals surface area contributed by atoms with Crippen molar-refractivity contribution in [1.29, 1.82) is 0 Å². The lowest BCUT2D eigenvalue weighted by Gasteiger charge is -2.12. The van der Waals surface area contributed by atoms with Crippen LogP contribution in [0.2, 0.25) is 0 Å². The van der Waals surface area contributed by atoms with Crippen molar-refractivity contribution in [3.8, 4) is 34.0 Å². The van der Waals surface area contributed by atoms with Gasteiger partial charge >= 0.3 is 0 Å². The normalized spacial score (nSPS) is 12.2. The second-order valence-electron chi connectivity index (χ2n) is 16.1. The van der Waals surface area contributed by atoms with Crippen LogP contribution in [0.3, 0.4) is 0 Å². The van der Waals surface area contributed by atoms with Crippen molar-refractivity contribution in [2.24, 2.45) is 0 Å². The lowest BCUT2D eigenvalue weighted by molar-refractivity contribution is 0.666. The highest BCUT2D eigenvalue weighted by Crippen LogP contribution is 2.45. The Hall–Kier alpha value is -8.48. The SMILES string of the molecule is c1ccc(-c2cc(-n3c4ccccc4c4cc5c6c7ccccc7ccc6n(-c6nc(-c7ccccc7)c7oc8ccccc8c7n6)c5cc43)cc3c2oc2ccccc23)cc1. The summed E-state index contributed by atoms with van der Waals surface area (Å²) in [5.41, 5.74) is 13.1. The third-order valence-corrected chi connectivity index (χ3v) is 12.7. The Bertz CT molecular complexity index is 4150. The summed E-state index contributed by atoms with van der Waals surface area (Å²) in [4.78, 5) is 10.9. The molecule has 9 aromatic carbocycles. The molecule has 0 N–H and O–H groups in total. The predicted octanol–water partition coefficient (Wildman–Crippen LogP) is 15.0. The maximum Gasteiger partial charge on any atom is 0.236 e. The molecular formula is C56H32N4O2. The zero-order valence-electron chi connectivity index (χ0n) is 33.1. The Labute approximate surface area is 353 Å². The average Bonchev–Trinajstić information content (AvgIpc) is 4.08. The van der Waals surface area contributed by atoms with E-state index in [1.807, 2.05) is 42.5 Å². The van der Waals surface area contributed by atoms with Crippen molar-refractivity contribution < 1.29 is 8.83 Å². The molecule has 0 unspecified atom stereocenters. The van der Waals surface area contributed by atoms with Crippen LogP contribution in [0.5, 0.6) is 0 Å². The quantitative estimate of drug-likeness (QED) is 0.178. The molecule has 0 spiro atoms. The molecule has 6 heteroatoms. The molecule has 5 heterocycles. The third-order valence-electron chi connectivity index (χ3n) is 12.7. The number of rotatable bonds is 4. The van der Waals surface area contributed by atoms with Crippen molar-refractivity contribution >= 4 is 98.4 Å². The van der Waals surface area contributed by atoms with Gasteiger partial charge in [0.15, 0.2) is 5.58 Å². The standard InChI is InChI=1S/C56H32N4O2/c1-3-15-33(16-4-1)41-29-36(30-43-39-22-10-13-25-49(39)61-54(41)43)59-45-24-12-9-21-38(45)42-31-44-48(32-47(42)59)60(46-28-27-34-17-7-8-20-37(34)51(44)46)56-57-52(35-18-5-2-6-19-35)55-53(58-56)40-23-11-14-26-50(40)62-55/h1-32H. The minimum absolute atomic E-state index is 0.581. The van der Waals surface area contributed by atoms with Crippen LogP contribution in [0.15, 0.2) is 203 Å². The van der Waals surface area contributed by atoms with Gasteiger partial charge in [0.05, 0.1) is 22.1 Å². The molecule has 0 atom stereocenters. The zero-order valence-corrected chi connectivity index (χ0v) is 33.1. The van der Waals surface area contributed by atoms with Gasteiger partial charge in [-0.25, -0.2) is 9.97 Å². The number of furan rings is 2. The molecule has 0 aliphatic rings. The summed E-state index contributed by atoms with van der Waals surface area (Å²) in [5, 5.41) is 10.1. The Morgan fingerprint density at radius 1 is 0.371 bits per heavy atom. The molecule has 14 aromatic rings. The number of aromatic nitrogens is 4. The summed E-state index contributed by atoms with van der Waals surface area (Å²) in [6, 6.07) is 68.4. The van der Waals surface area contributed by atoms with Gasteiger partial charge in [-0.05, 0) is 70.9 Å². The van der Waals surface area contributed by atoms with E-state index in [1.165, 1.54) is 21.5 Å². The molecule has 62 heavy (non-hydrogen) atoms. The smallest absolute Gasteiger partial charge is 0.236 e. The fourth-order valence-corrected chi connectivity index (χ4v) is 9.99. The minimum Gasteiger partial charge on any atom is -0.455 e. The Kier molecular flexibility index (Phi) is 6.74. The van der Waals surface area contributed by atoms with E-state index in [1.54, 1.807) is 0 Å². The highest BCUT2D eigenvalue weighted by Gasteiger charge is 2.25.